The Morgan fingerprint density at radius 1 is 0.768 bits per heavy atom. The quantitative estimate of drug-likeness (QED) is 0.0694. The third kappa shape index (κ3) is 18.0. The van der Waals surface area contributed by atoms with Crippen molar-refractivity contribution in [1.29, 1.82) is 0 Å². The molecular formula is C48H67N7O13S. The summed E-state index contributed by atoms with van der Waals surface area (Å²) >= 11 is 1.08. The zero-order valence-electron chi connectivity index (χ0n) is 39.8. The molecule has 1 saturated carbocycles. The zero-order chi connectivity index (χ0) is 49.4. The third-order valence-corrected chi connectivity index (χ3v) is 12.6. The van der Waals surface area contributed by atoms with Crippen LogP contribution in [0, 0.1) is 5.92 Å². The lowest BCUT2D eigenvalue weighted by molar-refractivity contribution is -0.142. The number of amides is 6. The van der Waals surface area contributed by atoms with E-state index in [1.807, 2.05) is 60.7 Å². The van der Waals surface area contributed by atoms with Crippen molar-refractivity contribution in [1.82, 2.24) is 25.0 Å². The highest BCUT2D eigenvalue weighted by Crippen LogP contribution is 2.37. The molecule has 3 atom stereocenters. The van der Waals surface area contributed by atoms with Gasteiger partial charge in [-0.25, -0.2) is 14.6 Å². The molecule has 0 radical (unpaired) electrons. The number of nitrogens with one attached hydrogen (secondary N) is 3. The van der Waals surface area contributed by atoms with Gasteiger partial charge >= 0.3 is 12.2 Å². The number of carbonyl (C=O) groups is 6. The maximum atomic E-state index is 14.3. The fourth-order valence-corrected chi connectivity index (χ4v) is 8.62. The van der Waals surface area contributed by atoms with Crippen LogP contribution in [0.3, 0.4) is 0 Å². The number of nitrogens with zero attached hydrogens (tertiary/aromatic N) is 4. The van der Waals surface area contributed by atoms with E-state index in [2.05, 4.69) is 20.9 Å². The molecule has 4 N–H and O–H groups in total. The second-order valence-corrected chi connectivity index (χ2v) is 17.7. The van der Waals surface area contributed by atoms with Gasteiger partial charge in [-0.2, -0.15) is 0 Å². The van der Waals surface area contributed by atoms with E-state index in [9.17, 15) is 33.9 Å². The number of thiazole rings is 1. The highest BCUT2D eigenvalue weighted by atomic mass is 32.1. The predicted octanol–water partition coefficient (Wildman–Crippen LogP) is 5.09. The van der Waals surface area contributed by atoms with Gasteiger partial charge in [0.15, 0.2) is 5.13 Å². The van der Waals surface area contributed by atoms with E-state index in [4.69, 9.17) is 28.4 Å². The van der Waals surface area contributed by atoms with E-state index in [-0.39, 0.29) is 43.4 Å². The molecule has 2 aromatic carbocycles. The van der Waals surface area contributed by atoms with Crippen molar-refractivity contribution in [2.75, 3.05) is 104 Å². The molecule has 69 heavy (non-hydrogen) atoms. The summed E-state index contributed by atoms with van der Waals surface area (Å²) in [6.07, 6.45) is 3.59. The summed E-state index contributed by atoms with van der Waals surface area (Å²) in [6.45, 7) is 5.09. The van der Waals surface area contributed by atoms with Crippen molar-refractivity contribution in [3.63, 3.8) is 0 Å². The van der Waals surface area contributed by atoms with Crippen LogP contribution in [0.5, 0.6) is 0 Å². The topological polar surface area (TPSA) is 237 Å². The van der Waals surface area contributed by atoms with Gasteiger partial charge in [0.2, 0.25) is 17.7 Å². The third-order valence-electron chi connectivity index (χ3n) is 11.8. The maximum Gasteiger partial charge on any atom is 0.409 e. The zero-order valence-corrected chi connectivity index (χ0v) is 40.6. The molecule has 5 rings (SSSR count). The molecule has 2 fully saturated rings. The lowest BCUT2D eigenvalue weighted by atomic mass is 9.83. The number of benzene rings is 2. The number of anilines is 2. The van der Waals surface area contributed by atoms with E-state index in [1.54, 1.807) is 7.05 Å². The lowest BCUT2D eigenvalue weighted by Crippen LogP contribution is -2.58. The Hall–Kier alpha value is -5.71. The Morgan fingerprint density at radius 2 is 1.36 bits per heavy atom. The van der Waals surface area contributed by atoms with Crippen molar-refractivity contribution in [2.24, 2.45) is 5.92 Å². The number of likely N-dealkylation sites (N-methyl/N-ethyl adjacent to an activating group) is 2. The van der Waals surface area contributed by atoms with E-state index in [1.165, 1.54) is 23.8 Å². The number of hydrogen-bond acceptors (Lipinski definition) is 14. The normalized spacial score (nSPS) is 15.8. The SMILES string of the molecule is CC(C(=O)NC(C(=O)N1CCC[C@H]1C(=O)Nc1sc(NC(=O)COCCOCCOCCOCCOCCN(C)C(=O)OCc2ccccc2)nc1-c1ccccc1)C1CCCCC1)N(C)C(=O)O. The first-order valence-corrected chi connectivity index (χ1v) is 24.3. The fraction of sp³-hybridized carbons (Fsp3) is 0.562. The van der Waals surface area contributed by atoms with Crippen molar-refractivity contribution < 1.29 is 62.3 Å². The smallest absolute Gasteiger partial charge is 0.409 e. The van der Waals surface area contributed by atoms with Crippen LogP contribution in [0.4, 0.5) is 19.7 Å². The first kappa shape index (κ1) is 54.2. The number of carboxylic acid groups (broad SMARTS) is 1. The van der Waals surface area contributed by atoms with Crippen LogP contribution in [0.1, 0.15) is 57.4 Å². The summed E-state index contributed by atoms with van der Waals surface area (Å²) in [4.78, 5) is 86.7. The molecule has 0 spiro atoms. The molecule has 0 bridgehead atoms. The molecule has 2 unspecified atom stereocenters. The fourth-order valence-electron chi connectivity index (χ4n) is 7.71. The second-order valence-electron chi connectivity index (χ2n) is 16.7. The summed E-state index contributed by atoms with van der Waals surface area (Å²) in [5.41, 5.74) is 2.07. The van der Waals surface area contributed by atoms with Gasteiger partial charge < -0.3 is 54.0 Å². The molecule has 6 amide bonds. The van der Waals surface area contributed by atoms with Crippen LogP contribution in [0.15, 0.2) is 60.7 Å². The molecule has 378 valence electrons. The Morgan fingerprint density at radius 3 is 1.99 bits per heavy atom. The largest absolute Gasteiger partial charge is 0.465 e. The second kappa shape index (κ2) is 29.3. The van der Waals surface area contributed by atoms with Gasteiger partial charge in [0, 0.05) is 32.7 Å². The van der Waals surface area contributed by atoms with Crippen molar-refractivity contribution >= 4 is 57.3 Å². The minimum absolute atomic E-state index is 0.149. The maximum absolute atomic E-state index is 14.3. The Balaban J connectivity index is 0.980. The predicted molar refractivity (Wildman–Crippen MR) is 257 cm³/mol. The molecule has 1 aliphatic heterocycles. The lowest BCUT2D eigenvalue weighted by Gasteiger charge is -2.35. The van der Waals surface area contributed by atoms with E-state index >= 15 is 0 Å². The summed E-state index contributed by atoms with van der Waals surface area (Å²) in [5.74, 6) is -1.96. The number of carbonyl (C=O) groups excluding carboxylic acids is 5. The van der Waals surface area contributed by atoms with Crippen molar-refractivity contribution in [3.05, 3.63) is 66.2 Å². The van der Waals surface area contributed by atoms with Gasteiger partial charge in [-0.1, -0.05) is 91.3 Å². The van der Waals surface area contributed by atoms with Gasteiger partial charge in [0.25, 0.3) is 5.91 Å². The van der Waals surface area contributed by atoms with E-state index in [0.29, 0.717) is 88.4 Å². The monoisotopic (exact) mass is 981 g/mol. The van der Waals surface area contributed by atoms with E-state index < -0.39 is 48.0 Å². The van der Waals surface area contributed by atoms with Crippen LogP contribution < -0.4 is 16.0 Å². The minimum Gasteiger partial charge on any atom is -0.465 e. The Kier molecular flexibility index (Phi) is 23.1. The molecule has 20 nitrogen and oxygen atoms in total. The number of likely N-dealkylation sites (tertiary alicyclic amines) is 1. The Labute approximate surface area is 407 Å². The average molecular weight is 982 g/mol. The molecule has 3 aromatic rings. The summed E-state index contributed by atoms with van der Waals surface area (Å²) in [7, 11) is 2.96. The first-order chi connectivity index (χ1) is 33.4. The van der Waals surface area contributed by atoms with Gasteiger partial charge in [-0.3, -0.25) is 29.4 Å². The Bertz CT molecular complexity index is 2080. The van der Waals surface area contributed by atoms with Gasteiger partial charge in [0.1, 0.15) is 42.0 Å². The number of ether oxygens (including phenoxy) is 6. The van der Waals surface area contributed by atoms with Crippen LogP contribution in [-0.4, -0.2) is 172 Å². The van der Waals surface area contributed by atoms with Crippen molar-refractivity contribution in [3.8, 4) is 11.3 Å². The highest BCUT2D eigenvalue weighted by molar-refractivity contribution is 7.20. The molecule has 21 heteroatoms. The first-order valence-electron chi connectivity index (χ1n) is 23.5. The minimum atomic E-state index is -1.26. The number of aromatic nitrogens is 1. The average Bonchev–Trinajstić information content (AvgIpc) is 4.02. The summed E-state index contributed by atoms with van der Waals surface area (Å²) in [6, 6.07) is 15.9. The molecular weight excluding hydrogens is 915 g/mol. The number of hydrogen-bond donors (Lipinski definition) is 4. The summed E-state index contributed by atoms with van der Waals surface area (Å²) < 4.78 is 32.9. The highest BCUT2D eigenvalue weighted by Gasteiger charge is 2.42. The molecule has 1 aliphatic carbocycles. The van der Waals surface area contributed by atoms with Crippen LogP contribution in [-0.2, 0) is 54.2 Å². The molecule has 2 aliphatic rings. The van der Waals surface area contributed by atoms with Crippen LogP contribution >= 0.6 is 11.3 Å². The van der Waals surface area contributed by atoms with E-state index in [0.717, 1.165) is 53.9 Å². The van der Waals surface area contributed by atoms with Crippen molar-refractivity contribution in [2.45, 2.75) is 76.6 Å². The van der Waals surface area contributed by atoms with Gasteiger partial charge in [-0.05, 0) is 44.1 Å². The molecule has 2 heterocycles. The molecule has 1 saturated heterocycles. The van der Waals surface area contributed by atoms with Crippen LogP contribution in [0.2, 0.25) is 0 Å². The number of rotatable bonds is 28. The standard InChI is InChI=1S/C48H67N7O13S/c1-34(54(3)47(60)61)42(57)50-41(37-18-11-6-12-19-37)45(59)55-21-13-20-38(55)43(58)52-44-40(36-16-9-5-10-17-36)51-46(69-44)49-39(56)33-67-31-30-66-29-28-65-27-26-64-25-24-63-23-22-53(2)48(62)68-32-35-14-7-4-8-15-35/h4-5,7-10,14-17,34,37-38,41H,6,11-13,18-33H2,1-3H3,(H,50,57)(H,52,58)(H,60,61)(H,49,51,56)/t34?,38-,41?/m0/s1. The summed E-state index contributed by atoms with van der Waals surface area (Å²) in [5, 5.41) is 18.7. The molecule has 1 aromatic heterocycles. The van der Waals surface area contributed by atoms with Crippen LogP contribution in [0.25, 0.3) is 11.3 Å². The van der Waals surface area contributed by atoms with Gasteiger partial charge in [0.05, 0.1) is 59.5 Å². The van der Waals surface area contributed by atoms with Gasteiger partial charge in [-0.15, -0.1) is 0 Å².